The highest BCUT2D eigenvalue weighted by Gasteiger charge is 2.45. The van der Waals surface area contributed by atoms with Crippen LogP contribution in [0, 0.1) is 0 Å². The lowest BCUT2D eigenvalue weighted by atomic mass is 9.78. The SMILES string of the molecule is O=C(O)C(c1ccccc1-c1ccccc1)C1(O)CCCC1. The third-order valence-corrected chi connectivity index (χ3v) is 4.61. The van der Waals surface area contributed by atoms with E-state index in [0.29, 0.717) is 18.4 Å². The summed E-state index contributed by atoms with van der Waals surface area (Å²) in [6.07, 6.45) is 2.86. The van der Waals surface area contributed by atoms with Gasteiger partial charge in [0.15, 0.2) is 0 Å². The van der Waals surface area contributed by atoms with Crippen molar-refractivity contribution < 1.29 is 15.0 Å². The number of carboxylic acid groups (broad SMARTS) is 1. The molecule has 2 aromatic rings. The minimum absolute atomic E-state index is 0.549. The molecular weight excluding hydrogens is 276 g/mol. The average molecular weight is 296 g/mol. The van der Waals surface area contributed by atoms with Crippen LogP contribution in [-0.2, 0) is 4.79 Å². The van der Waals surface area contributed by atoms with Crippen molar-refractivity contribution >= 4 is 5.97 Å². The van der Waals surface area contributed by atoms with E-state index in [-0.39, 0.29) is 0 Å². The number of benzene rings is 2. The Balaban J connectivity index is 2.12. The molecule has 3 rings (SSSR count). The maximum absolute atomic E-state index is 11.9. The molecule has 2 aromatic carbocycles. The van der Waals surface area contributed by atoms with Crippen LogP contribution in [0.3, 0.4) is 0 Å². The lowest BCUT2D eigenvalue weighted by Crippen LogP contribution is -2.38. The summed E-state index contributed by atoms with van der Waals surface area (Å²) in [5.41, 5.74) is 1.42. The predicted molar refractivity (Wildman–Crippen MR) is 85.7 cm³/mol. The van der Waals surface area contributed by atoms with Crippen molar-refractivity contribution in [3.8, 4) is 11.1 Å². The quantitative estimate of drug-likeness (QED) is 0.901. The Morgan fingerprint density at radius 1 is 0.955 bits per heavy atom. The van der Waals surface area contributed by atoms with Gasteiger partial charge in [-0.3, -0.25) is 4.79 Å². The average Bonchev–Trinajstić information content (AvgIpc) is 2.95. The lowest BCUT2D eigenvalue weighted by molar-refractivity contribution is -0.145. The number of carboxylic acids is 1. The maximum Gasteiger partial charge on any atom is 0.313 e. The first-order valence-electron chi connectivity index (χ1n) is 7.71. The van der Waals surface area contributed by atoms with E-state index in [1.165, 1.54) is 0 Å². The standard InChI is InChI=1S/C19H20O3/c20-18(21)17(19(22)12-6-7-13-19)16-11-5-4-10-15(16)14-8-2-1-3-9-14/h1-5,8-11,17,22H,6-7,12-13H2,(H,20,21). The maximum atomic E-state index is 11.9. The first kappa shape index (κ1) is 14.8. The molecule has 0 bridgehead atoms. The summed E-state index contributed by atoms with van der Waals surface area (Å²) in [5, 5.41) is 20.6. The van der Waals surface area contributed by atoms with E-state index in [4.69, 9.17) is 0 Å². The summed E-state index contributed by atoms with van der Waals surface area (Å²) in [5.74, 6) is -1.83. The van der Waals surface area contributed by atoms with Gasteiger partial charge in [0.2, 0.25) is 0 Å². The number of hydrogen-bond donors (Lipinski definition) is 2. The first-order valence-corrected chi connectivity index (χ1v) is 7.71. The molecule has 1 unspecified atom stereocenters. The molecule has 0 saturated heterocycles. The van der Waals surface area contributed by atoms with E-state index in [1.807, 2.05) is 54.6 Å². The van der Waals surface area contributed by atoms with Crippen molar-refractivity contribution in [2.45, 2.75) is 37.2 Å². The molecule has 0 aromatic heterocycles. The molecule has 114 valence electrons. The van der Waals surface area contributed by atoms with Crippen LogP contribution < -0.4 is 0 Å². The fraction of sp³-hybridized carbons (Fsp3) is 0.316. The number of aliphatic carboxylic acids is 1. The van der Waals surface area contributed by atoms with Crippen LogP contribution in [0.25, 0.3) is 11.1 Å². The van der Waals surface area contributed by atoms with Gasteiger partial charge < -0.3 is 10.2 Å². The molecule has 1 aliphatic rings. The van der Waals surface area contributed by atoms with Gasteiger partial charge in [-0.15, -0.1) is 0 Å². The highest BCUT2D eigenvalue weighted by Crippen LogP contribution is 2.44. The zero-order chi connectivity index (χ0) is 15.6. The summed E-state index contributed by atoms with van der Waals surface area (Å²) in [6, 6.07) is 17.3. The minimum Gasteiger partial charge on any atom is -0.481 e. The highest BCUT2D eigenvalue weighted by molar-refractivity contribution is 5.82. The van der Waals surface area contributed by atoms with Crippen LogP contribution >= 0.6 is 0 Å². The molecule has 2 N–H and O–H groups in total. The van der Waals surface area contributed by atoms with Gasteiger partial charge in [0, 0.05) is 0 Å². The van der Waals surface area contributed by atoms with E-state index in [1.54, 1.807) is 0 Å². The Labute approximate surface area is 130 Å². The van der Waals surface area contributed by atoms with Crippen LogP contribution in [0.4, 0.5) is 0 Å². The van der Waals surface area contributed by atoms with Crippen LogP contribution in [0.15, 0.2) is 54.6 Å². The lowest BCUT2D eigenvalue weighted by Gasteiger charge is -2.31. The van der Waals surface area contributed by atoms with Crippen molar-refractivity contribution in [2.75, 3.05) is 0 Å². The molecule has 3 heteroatoms. The van der Waals surface area contributed by atoms with Gasteiger partial charge in [-0.1, -0.05) is 67.4 Å². The predicted octanol–water partition coefficient (Wildman–Crippen LogP) is 3.83. The van der Waals surface area contributed by atoms with Crippen LogP contribution in [0.5, 0.6) is 0 Å². The van der Waals surface area contributed by atoms with Gasteiger partial charge in [0.1, 0.15) is 5.92 Å². The molecule has 1 fully saturated rings. The molecule has 0 amide bonds. The van der Waals surface area contributed by atoms with Gasteiger partial charge in [0.25, 0.3) is 0 Å². The monoisotopic (exact) mass is 296 g/mol. The number of hydrogen-bond acceptors (Lipinski definition) is 2. The second-order valence-corrected chi connectivity index (χ2v) is 6.04. The minimum atomic E-state index is -1.14. The zero-order valence-corrected chi connectivity index (χ0v) is 12.4. The summed E-state index contributed by atoms with van der Waals surface area (Å²) >= 11 is 0. The molecule has 0 aliphatic heterocycles. The molecule has 1 atom stereocenters. The third-order valence-electron chi connectivity index (χ3n) is 4.61. The van der Waals surface area contributed by atoms with Crippen molar-refractivity contribution in [1.82, 2.24) is 0 Å². The van der Waals surface area contributed by atoms with E-state index in [0.717, 1.165) is 24.0 Å². The normalized spacial score (nSPS) is 18.0. The molecule has 3 nitrogen and oxygen atoms in total. The third kappa shape index (κ3) is 2.64. The van der Waals surface area contributed by atoms with Gasteiger partial charge in [-0.25, -0.2) is 0 Å². The Morgan fingerprint density at radius 3 is 2.18 bits per heavy atom. The smallest absolute Gasteiger partial charge is 0.313 e. The Kier molecular flexibility index (Phi) is 3.99. The first-order chi connectivity index (χ1) is 10.6. The molecule has 22 heavy (non-hydrogen) atoms. The van der Waals surface area contributed by atoms with Crippen LogP contribution in [0.1, 0.15) is 37.2 Å². The molecule has 0 heterocycles. The molecule has 0 radical (unpaired) electrons. The second-order valence-electron chi connectivity index (χ2n) is 6.04. The fourth-order valence-electron chi connectivity index (χ4n) is 3.56. The van der Waals surface area contributed by atoms with E-state index in [9.17, 15) is 15.0 Å². The summed E-state index contributed by atoms with van der Waals surface area (Å²) in [4.78, 5) is 11.9. The zero-order valence-electron chi connectivity index (χ0n) is 12.4. The van der Waals surface area contributed by atoms with Crippen molar-refractivity contribution in [3.63, 3.8) is 0 Å². The van der Waals surface area contributed by atoms with Gasteiger partial charge >= 0.3 is 5.97 Å². The van der Waals surface area contributed by atoms with E-state index >= 15 is 0 Å². The van der Waals surface area contributed by atoms with Crippen molar-refractivity contribution in [3.05, 3.63) is 60.2 Å². The van der Waals surface area contributed by atoms with E-state index < -0.39 is 17.5 Å². The van der Waals surface area contributed by atoms with Crippen molar-refractivity contribution in [1.29, 1.82) is 0 Å². The molecule has 1 aliphatic carbocycles. The number of rotatable bonds is 4. The molecule has 0 spiro atoms. The van der Waals surface area contributed by atoms with Crippen LogP contribution in [-0.4, -0.2) is 21.8 Å². The van der Waals surface area contributed by atoms with E-state index in [2.05, 4.69) is 0 Å². The highest BCUT2D eigenvalue weighted by atomic mass is 16.4. The number of carbonyl (C=O) groups is 1. The Morgan fingerprint density at radius 2 is 1.55 bits per heavy atom. The summed E-state index contributed by atoms with van der Waals surface area (Å²) in [7, 11) is 0. The van der Waals surface area contributed by atoms with Gasteiger partial charge in [-0.05, 0) is 29.5 Å². The summed E-state index contributed by atoms with van der Waals surface area (Å²) < 4.78 is 0. The summed E-state index contributed by atoms with van der Waals surface area (Å²) in [6.45, 7) is 0. The molecule has 1 saturated carbocycles. The largest absolute Gasteiger partial charge is 0.481 e. The van der Waals surface area contributed by atoms with Gasteiger partial charge in [-0.2, -0.15) is 0 Å². The topological polar surface area (TPSA) is 57.5 Å². The fourth-order valence-corrected chi connectivity index (χ4v) is 3.56. The molecular formula is C19H20O3. The number of aliphatic hydroxyl groups is 1. The Bertz CT molecular complexity index is 657. The second kappa shape index (κ2) is 5.93. The van der Waals surface area contributed by atoms with Crippen molar-refractivity contribution in [2.24, 2.45) is 0 Å². The van der Waals surface area contributed by atoms with Crippen LogP contribution in [0.2, 0.25) is 0 Å². The van der Waals surface area contributed by atoms with Gasteiger partial charge in [0.05, 0.1) is 5.60 Å². The Hall–Kier alpha value is -2.13.